The van der Waals surface area contributed by atoms with Gasteiger partial charge in [-0.05, 0) is 24.3 Å². The molecule has 2 amide bonds. The Labute approximate surface area is 129 Å². The van der Waals surface area contributed by atoms with Crippen LogP contribution in [0.1, 0.15) is 16.1 Å². The van der Waals surface area contributed by atoms with E-state index in [2.05, 4.69) is 10.6 Å². The summed E-state index contributed by atoms with van der Waals surface area (Å²) >= 11 is 11.7. The van der Waals surface area contributed by atoms with E-state index in [9.17, 15) is 9.59 Å². The minimum Gasteiger partial charge on any atom is -0.478 e. The van der Waals surface area contributed by atoms with Crippen LogP contribution in [0.5, 0.6) is 0 Å². The summed E-state index contributed by atoms with van der Waals surface area (Å²) in [5.74, 6) is -0.688. The van der Waals surface area contributed by atoms with Crippen molar-refractivity contribution in [2.45, 2.75) is 6.54 Å². The maximum atomic E-state index is 11.8. The monoisotopic (exact) mass is 328 g/mol. The number of aromatic carboxylic acids is 1. The van der Waals surface area contributed by atoms with E-state index in [1.165, 1.54) is 18.4 Å². The molecule has 0 bridgehead atoms. The van der Waals surface area contributed by atoms with Gasteiger partial charge in [0.1, 0.15) is 5.76 Å². The van der Waals surface area contributed by atoms with E-state index in [0.717, 1.165) is 0 Å². The molecule has 110 valence electrons. The van der Waals surface area contributed by atoms with Crippen LogP contribution in [0.15, 0.2) is 34.9 Å². The first-order chi connectivity index (χ1) is 9.97. The van der Waals surface area contributed by atoms with Gasteiger partial charge in [-0.2, -0.15) is 0 Å². The fourth-order valence-corrected chi connectivity index (χ4v) is 2.15. The lowest BCUT2D eigenvalue weighted by Gasteiger charge is -2.11. The smallest absolute Gasteiger partial charge is 0.337 e. The van der Waals surface area contributed by atoms with Crippen molar-refractivity contribution in [3.63, 3.8) is 0 Å². The van der Waals surface area contributed by atoms with Gasteiger partial charge in [0.15, 0.2) is 0 Å². The minimum absolute atomic E-state index is 0.0227. The summed E-state index contributed by atoms with van der Waals surface area (Å²) in [5, 5.41) is 14.2. The summed E-state index contributed by atoms with van der Waals surface area (Å²) in [7, 11) is 0. The number of rotatable bonds is 4. The molecule has 21 heavy (non-hydrogen) atoms. The Morgan fingerprint density at radius 2 is 2.05 bits per heavy atom. The van der Waals surface area contributed by atoms with Crippen LogP contribution in [0, 0.1) is 0 Å². The highest BCUT2D eigenvalue weighted by Gasteiger charge is 2.17. The molecule has 0 unspecified atom stereocenters. The zero-order valence-corrected chi connectivity index (χ0v) is 12.0. The lowest BCUT2D eigenvalue weighted by atomic mass is 10.2. The van der Waals surface area contributed by atoms with Gasteiger partial charge >= 0.3 is 12.0 Å². The first-order valence-electron chi connectivity index (χ1n) is 5.77. The van der Waals surface area contributed by atoms with Crippen LogP contribution in [-0.4, -0.2) is 17.1 Å². The van der Waals surface area contributed by atoms with E-state index in [1.54, 1.807) is 12.1 Å². The second-order valence-corrected chi connectivity index (χ2v) is 4.85. The number of hydrogen-bond donors (Lipinski definition) is 3. The summed E-state index contributed by atoms with van der Waals surface area (Å²) in [6.07, 6.45) is 1.48. The van der Waals surface area contributed by atoms with Gasteiger partial charge in [0.2, 0.25) is 0 Å². The summed E-state index contributed by atoms with van der Waals surface area (Å²) < 4.78 is 5.06. The molecular formula is C13H10Cl2N2O4. The highest BCUT2D eigenvalue weighted by molar-refractivity contribution is 6.37. The highest BCUT2D eigenvalue weighted by atomic mass is 35.5. The van der Waals surface area contributed by atoms with E-state index in [0.29, 0.717) is 5.76 Å². The van der Waals surface area contributed by atoms with Crippen molar-refractivity contribution < 1.29 is 19.1 Å². The third-order valence-electron chi connectivity index (χ3n) is 2.53. The number of nitrogens with one attached hydrogen (secondary N) is 2. The summed E-state index contributed by atoms with van der Waals surface area (Å²) in [6, 6.07) is 5.32. The fourth-order valence-electron chi connectivity index (χ4n) is 1.61. The van der Waals surface area contributed by atoms with Crippen LogP contribution in [0.4, 0.5) is 10.5 Å². The van der Waals surface area contributed by atoms with Crippen molar-refractivity contribution in [3.8, 4) is 0 Å². The van der Waals surface area contributed by atoms with E-state index >= 15 is 0 Å². The standard InChI is InChI=1S/C13H10Cl2N2O4/c14-7-4-9(12(18)19)11(10(15)5-7)17-13(20)16-6-8-2-1-3-21-8/h1-5H,6H2,(H,18,19)(H2,16,17,20). The second-order valence-electron chi connectivity index (χ2n) is 4.00. The molecule has 0 saturated heterocycles. The predicted octanol–water partition coefficient (Wildman–Crippen LogP) is 3.61. The Kier molecular flexibility index (Phi) is 4.72. The largest absolute Gasteiger partial charge is 0.478 e. The van der Waals surface area contributed by atoms with E-state index in [-0.39, 0.29) is 27.8 Å². The first kappa shape index (κ1) is 15.2. The van der Waals surface area contributed by atoms with Crippen molar-refractivity contribution in [1.82, 2.24) is 5.32 Å². The molecule has 6 nitrogen and oxygen atoms in total. The Bertz CT molecular complexity index is 671. The number of urea groups is 1. The van der Waals surface area contributed by atoms with Gasteiger partial charge in [0.25, 0.3) is 0 Å². The third kappa shape index (κ3) is 3.90. The van der Waals surface area contributed by atoms with Gasteiger partial charge in [-0.25, -0.2) is 9.59 Å². The van der Waals surface area contributed by atoms with Crippen LogP contribution in [0.25, 0.3) is 0 Å². The topological polar surface area (TPSA) is 91.6 Å². The van der Waals surface area contributed by atoms with Crippen LogP contribution in [-0.2, 0) is 6.54 Å². The van der Waals surface area contributed by atoms with Gasteiger partial charge in [-0.3, -0.25) is 0 Å². The average Bonchev–Trinajstić information content (AvgIpc) is 2.92. The molecule has 0 spiro atoms. The third-order valence-corrected chi connectivity index (χ3v) is 3.04. The first-order valence-corrected chi connectivity index (χ1v) is 6.52. The number of carboxylic acid groups (broad SMARTS) is 1. The molecule has 2 aromatic rings. The number of carbonyl (C=O) groups is 2. The minimum atomic E-state index is -1.25. The van der Waals surface area contributed by atoms with Crippen molar-refractivity contribution >= 4 is 40.9 Å². The Morgan fingerprint density at radius 1 is 1.29 bits per heavy atom. The fraction of sp³-hybridized carbons (Fsp3) is 0.0769. The van der Waals surface area contributed by atoms with Crippen LogP contribution in [0.3, 0.4) is 0 Å². The summed E-state index contributed by atoms with van der Waals surface area (Å²) in [5.41, 5.74) is -0.217. The number of hydrogen-bond acceptors (Lipinski definition) is 3. The van der Waals surface area contributed by atoms with Gasteiger partial charge in [-0.15, -0.1) is 0 Å². The van der Waals surface area contributed by atoms with E-state index < -0.39 is 12.0 Å². The molecule has 2 rings (SSSR count). The number of carbonyl (C=O) groups excluding carboxylic acids is 1. The predicted molar refractivity (Wildman–Crippen MR) is 78.0 cm³/mol. The number of halogens is 2. The van der Waals surface area contributed by atoms with E-state index in [4.69, 9.17) is 32.7 Å². The molecule has 1 heterocycles. The summed E-state index contributed by atoms with van der Waals surface area (Å²) in [4.78, 5) is 22.9. The molecule has 0 atom stereocenters. The van der Waals surface area contributed by atoms with Gasteiger partial charge < -0.3 is 20.2 Å². The van der Waals surface area contributed by atoms with Crippen molar-refractivity contribution in [2.24, 2.45) is 0 Å². The quantitative estimate of drug-likeness (QED) is 0.799. The maximum Gasteiger partial charge on any atom is 0.337 e. The SMILES string of the molecule is O=C(NCc1ccco1)Nc1c(Cl)cc(Cl)cc1C(=O)O. The second kappa shape index (κ2) is 6.51. The highest BCUT2D eigenvalue weighted by Crippen LogP contribution is 2.30. The zero-order chi connectivity index (χ0) is 15.4. The molecule has 0 radical (unpaired) electrons. The number of anilines is 1. The zero-order valence-electron chi connectivity index (χ0n) is 10.5. The van der Waals surface area contributed by atoms with E-state index in [1.807, 2.05) is 0 Å². The summed E-state index contributed by atoms with van der Waals surface area (Å²) in [6.45, 7) is 0.159. The van der Waals surface area contributed by atoms with Crippen molar-refractivity contribution in [2.75, 3.05) is 5.32 Å². The molecule has 8 heteroatoms. The van der Waals surface area contributed by atoms with Gasteiger partial charge in [-0.1, -0.05) is 23.2 Å². The number of amides is 2. The lowest BCUT2D eigenvalue weighted by Crippen LogP contribution is -2.29. The molecule has 1 aromatic heterocycles. The Morgan fingerprint density at radius 3 is 2.67 bits per heavy atom. The van der Waals surface area contributed by atoms with Crippen LogP contribution >= 0.6 is 23.2 Å². The van der Waals surface area contributed by atoms with Gasteiger partial charge in [0.05, 0.1) is 29.1 Å². The van der Waals surface area contributed by atoms with Crippen LogP contribution in [0.2, 0.25) is 10.0 Å². The van der Waals surface area contributed by atoms with Gasteiger partial charge in [0, 0.05) is 5.02 Å². The Hall–Kier alpha value is -2.18. The molecule has 0 saturated carbocycles. The molecule has 0 fully saturated rings. The number of carboxylic acids is 1. The lowest BCUT2D eigenvalue weighted by molar-refractivity contribution is 0.0698. The van der Waals surface area contributed by atoms with Crippen molar-refractivity contribution in [1.29, 1.82) is 0 Å². The molecule has 1 aromatic carbocycles. The molecule has 0 aliphatic carbocycles. The van der Waals surface area contributed by atoms with Crippen LogP contribution < -0.4 is 10.6 Å². The number of benzene rings is 1. The normalized spacial score (nSPS) is 10.2. The maximum absolute atomic E-state index is 11.8. The Balaban J connectivity index is 2.11. The molecule has 0 aliphatic rings. The molecule has 0 aliphatic heterocycles. The van der Waals surface area contributed by atoms with Crippen molar-refractivity contribution in [3.05, 3.63) is 51.9 Å². The average molecular weight is 329 g/mol. The molecule has 3 N–H and O–H groups in total. The molecular weight excluding hydrogens is 319 g/mol. The number of furan rings is 1.